The molecule has 6 heteroatoms. The number of fused-ring (bicyclic) bond motifs is 3. The number of nitrogens with zero attached hydrogens (tertiary/aromatic N) is 2. The molecule has 0 atom stereocenters. The molecule has 1 heterocycles. The van der Waals surface area contributed by atoms with Crippen molar-refractivity contribution in [3.8, 4) is 11.1 Å². The largest absolute Gasteiger partial charge is 0.448 e. The van der Waals surface area contributed by atoms with Gasteiger partial charge >= 0.3 is 6.09 Å². The van der Waals surface area contributed by atoms with Gasteiger partial charge in [0.05, 0.1) is 10.5 Å². The summed E-state index contributed by atoms with van der Waals surface area (Å²) in [5.74, 6) is 0.406. The maximum atomic E-state index is 13.7. The van der Waals surface area contributed by atoms with Crippen LogP contribution in [0.4, 0.5) is 4.79 Å². The van der Waals surface area contributed by atoms with Crippen molar-refractivity contribution < 1.29 is 14.3 Å². The van der Waals surface area contributed by atoms with Gasteiger partial charge in [-0.15, -0.1) is 11.8 Å². The van der Waals surface area contributed by atoms with Crippen molar-refractivity contribution in [1.29, 1.82) is 0 Å². The number of carbonyl (C=O) groups is 2. The van der Waals surface area contributed by atoms with Crippen molar-refractivity contribution in [3.63, 3.8) is 0 Å². The quantitative estimate of drug-likeness (QED) is 0.165. The Morgan fingerprint density at radius 3 is 1.48 bits per heavy atom. The minimum Gasteiger partial charge on any atom is -0.448 e. The van der Waals surface area contributed by atoms with Crippen LogP contribution in [0, 0.1) is 0 Å². The third-order valence-corrected chi connectivity index (χ3v) is 10.7. The van der Waals surface area contributed by atoms with Gasteiger partial charge in [-0.25, -0.2) is 4.79 Å². The van der Waals surface area contributed by atoms with Gasteiger partial charge in [-0.05, 0) is 38.9 Å². The van der Waals surface area contributed by atoms with Gasteiger partial charge in [0.15, 0.2) is 0 Å². The number of rotatable bonds is 8. The van der Waals surface area contributed by atoms with Crippen molar-refractivity contribution in [1.82, 2.24) is 9.80 Å². The molecule has 1 aliphatic carbocycles. The van der Waals surface area contributed by atoms with Crippen LogP contribution in [0.15, 0.2) is 140 Å². The summed E-state index contributed by atoms with van der Waals surface area (Å²) in [7, 11) is 0. The third kappa shape index (κ3) is 5.69. The molecule has 1 fully saturated rings. The molecule has 0 radical (unpaired) electrons. The fourth-order valence-corrected chi connectivity index (χ4v) is 8.28. The number of hydrogen-bond donors (Lipinski definition) is 0. The molecule has 7 rings (SSSR count). The van der Waals surface area contributed by atoms with Crippen LogP contribution in [0.3, 0.4) is 0 Å². The second-order valence-corrected chi connectivity index (χ2v) is 12.9. The molecular formula is C40H36N2O3S. The highest BCUT2D eigenvalue weighted by Crippen LogP contribution is 2.48. The van der Waals surface area contributed by atoms with E-state index in [1.54, 1.807) is 16.7 Å². The van der Waals surface area contributed by atoms with Crippen molar-refractivity contribution >= 4 is 23.8 Å². The number of amides is 2. The summed E-state index contributed by atoms with van der Waals surface area (Å²) in [4.78, 5) is 30.5. The molecule has 230 valence electrons. The molecular weight excluding hydrogens is 589 g/mol. The molecule has 5 aromatic rings. The average Bonchev–Trinajstić information content (AvgIpc) is 3.45. The molecule has 0 bridgehead atoms. The highest BCUT2D eigenvalue weighted by Gasteiger charge is 2.38. The SMILES string of the molecule is O=C(CSC(c1ccccc1)(c1ccccc1)c1ccccc1)N1CCN(C(=O)OCC2c3ccccc3-c3ccccc32)CC1. The second-order valence-electron chi connectivity index (χ2n) is 11.7. The molecule has 2 aliphatic rings. The van der Waals surface area contributed by atoms with E-state index in [9.17, 15) is 9.59 Å². The minimum atomic E-state index is -0.553. The van der Waals surface area contributed by atoms with Crippen molar-refractivity contribution in [2.75, 3.05) is 38.5 Å². The predicted octanol–water partition coefficient (Wildman–Crippen LogP) is 7.81. The van der Waals surface area contributed by atoms with Gasteiger partial charge < -0.3 is 14.5 Å². The van der Waals surface area contributed by atoms with Gasteiger partial charge in [0.2, 0.25) is 5.91 Å². The van der Waals surface area contributed by atoms with E-state index < -0.39 is 4.75 Å². The number of carbonyl (C=O) groups excluding carboxylic acids is 2. The zero-order valence-electron chi connectivity index (χ0n) is 25.6. The van der Waals surface area contributed by atoms with E-state index in [1.807, 2.05) is 47.4 Å². The van der Waals surface area contributed by atoms with Gasteiger partial charge in [-0.2, -0.15) is 0 Å². The highest BCUT2D eigenvalue weighted by molar-refractivity contribution is 8.01. The lowest BCUT2D eigenvalue weighted by molar-refractivity contribution is -0.129. The van der Waals surface area contributed by atoms with Crippen molar-refractivity contribution in [2.24, 2.45) is 0 Å². The van der Waals surface area contributed by atoms with Crippen molar-refractivity contribution in [2.45, 2.75) is 10.7 Å². The van der Waals surface area contributed by atoms with Gasteiger partial charge in [-0.1, -0.05) is 140 Å². The highest BCUT2D eigenvalue weighted by atomic mass is 32.2. The zero-order chi connectivity index (χ0) is 31.3. The lowest BCUT2D eigenvalue weighted by Gasteiger charge is -2.37. The fraction of sp³-hybridized carbons (Fsp3) is 0.200. The molecule has 2 amide bonds. The van der Waals surface area contributed by atoms with Crippen LogP contribution in [-0.4, -0.2) is 60.3 Å². The summed E-state index contributed by atoms with van der Waals surface area (Å²) in [5.41, 5.74) is 8.20. The summed E-state index contributed by atoms with van der Waals surface area (Å²) < 4.78 is 5.34. The van der Waals surface area contributed by atoms with Crippen LogP contribution in [0.25, 0.3) is 11.1 Å². The number of ether oxygens (including phenoxy) is 1. The monoisotopic (exact) mass is 624 g/mol. The molecule has 1 saturated heterocycles. The zero-order valence-corrected chi connectivity index (χ0v) is 26.4. The van der Waals surface area contributed by atoms with E-state index >= 15 is 0 Å². The maximum absolute atomic E-state index is 13.7. The molecule has 0 unspecified atom stereocenters. The Labute approximate surface area is 274 Å². The van der Waals surface area contributed by atoms with E-state index in [1.165, 1.54) is 22.3 Å². The second kappa shape index (κ2) is 13.3. The topological polar surface area (TPSA) is 49.9 Å². The van der Waals surface area contributed by atoms with E-state index in [0.29, 0.717) is 38.5 Å². The van der Waals surface area contributed by atoms with E-state index in [2.05, 4.69) is 97.1 Å². The molecule has 46 heavy (non-hydrogen) atoms. The predicted molar refractivity (Wildman–Crippen MR) is 185 cm³/mol. The van der Waals surface area contributed by atoms with Gasteiger partial charge in [0.25, 0.3) is 0 Å². The summed E-state index contributed by atoms with van der Waals surface area (Å²) >= 11 is 1.65. The summed E-state index contributed by atoms with van der Waals surface area (Å²) in [6.45, 7) is 2.17. The first-order chi connectivity index (χ1) is 22.6. The fourth-order valence-electron chi connectivity index (χ4n) is 6.85. The Morgan fingerprint density at radius 1 is 0.587 bits per heavy atom. The number of benzene rings is 5. The van der Waals surface area contributed by atoms with Gasteiger partial charge in [-0.3, -0.25) is 4.79 Å². The first-order valence-electron chi connectivity index (χ1n) is 15.8. The van der Waals surface area contributed by atoms with Crippen LogP contribution in [0.1, 0.15) is 33.7 Å². The molecule has 5 nitrogen and oxygen atoms in total. The Balaban J connectivity index is 1.01. The minimum absolute atomic E-state index is 0.0235. The molecule has 0 aromatic heterocycles. The van der Waals surface area contributed by atoms with Crippen LogP contribution in [0.5, 0.6) is 0 Å². The maximum Gasteiger partial charge on any atom is 0.409 e. The Hall–Kier alpha value is -4.81. The molecule has 5 aromatic carbocycles. The standard InChI is InChI=1S/C40H36N2O3S/c43-38(29-46-40(30-14-4-1-5-15-30,31-16-6-2-7-17-31)32-18-8-3-9-19-32)41-24-26-42(27-25-41)39(44)45-28-37-35-22-12-10-20-33(35)34-21-11-13-23-36(34)37/h1-23,37H,24-29H2. The lowest BCUT2D eigenvalue weighted by atomic mass is 9.84. The summed E-state index contributed by atoms with van der Waals surface area (Å²) in [6, 6.07) is 48.0. The Kier molecular flexibility index (Phi) is 8.62. The molecule has 0 N–H and O–H groups in total. The average molecular weight is 625 g/mol. The lowest BCUT2D eigenvalue weighted by Crippen LogP contribution is -2.51. The van der Waals surface area contributed by atoms with Crippen LogP contribution in [0.2, 0.25) is 0 Å². The van der Waals surface area contributed by atoms with E-state index in [-0.39, 0.29) is 17.9 Å². The number of piperazine rings is 1. The summed E-state index contributed by atoms with van der Waals surface area (Å²) in [5, 5.41) is 0. The van der Waals surface area contributed by atoms with E-state index in [0.717, 1.165) is 16.7 Å². The van der Waals surface area contributed by atoms with Crippen molar-refractivity contribution in [3.05, 3.63) is 167 Å². The van der Waals surface area contributed by atoms with Gasteiger partial charge in [0.1, 0.15) is 6.61 Å². The number of hydrogen-bond acceptors (Lipinski definition) is 4. The Bertz CT molecular complexity index is 1660. The Morgan fingerprint density at radius 2 is 1.00 bits per heavy atom. The molecule has 0 spiro atoms. The van der Waals surface area contributed by atoms with Crippen LogP contribution >= 0.6 is 11.8 Å². The molecule has 1 aliphatic heterocycles. The molecule has 0 saturated carbocycles. The first-order valence-corrected chi connectivity index (χ1v) is 16.8. The van der Waals surface area contributed by atoms with Gasteiger partial charge in [0, 0.05) is 32.1 Å². The normalized spacial score (nSPS) is 14.4. The summed E-state index contributed by atoms with van der Waals surface area (Å²) in [6.07, 6.45) is -0.320. The van der Waals surface area contributed by atoms with Crippen LogP contribution in [-0.2, 0) is 14.3 Å². The number of thioether (sulfide) groups is 1. The van der Waals surface area contributed by atoms with Crippen LogP contribution < -0.4 is 0 Å². The smallest absolute Gasteiger partial charge is 0.409 e. The third-order valence-electron chi connectivity index (χ3n) is 9.18. The first kappa shape index (κ1) is 29.9. The van der Waals surface area contributed by atoms with E-state index in [4.69, 9.17) is 4.74 Å².